The molecule has 0 N–H and O–H groups in total. The van der Waals surface area contributed by atoms with Crippen LogP contribution in [-0.2, 0) is 9.59 Å². The molecule has 0 saturated carbocycles. The van der Waals surface area contributed by atoms with Crippen molar-refractivity contribution in [3.63, 3.8) is 0 Å². The van der Waals surface area contributed by atoms with Gasteiger partial charge in [-0.05, 0) is 5.56 Å². The van der Waals surface area contributed by atoms with Crippen LogP contribution in [0.4, 0.5) is 13.2 Å². The molecule has 1 saturated heterocycles. The molecule has 19 heavy (non-hydrogen) atoms. The Hall–Kier alpha value is -1.85. The number of hydrogen-bond donors (Lipinski definition) is 0. The quantitative estimate of drug-likeness (QED) is 0.771. The normalized spacial score (nSPS) is 23.4. The molecule has 1 aromatic rings. The summed E-state index contributed by atoms with van der Waals surface area (Å²) >= 11 is 0. The van der Waals surface area contributed by atoms with Gasteiger partial charge < -0.3 is 9.69 Å². The van der Waals surface area contributed by atoms with Crippen molar-refractivity contribution in [3.8, 4) is 0 Å². The highest BCUT2D eigenvalue weighted by atomic mass is 19.4. The van der Waals surface area contributed by atoms with Crippen LogP contribution in [0, 0.1) is 5.92 Å². The van der Waals surface area contributed by atoms with Crippen molar-refractivity contribution in [1.29, 1.82) is 0 Å². The Balaban J connectivity index is 2.19. The Kier molecular flexibility index (Phi) is 3.59. The average Bonchev–Trinajstić information content (AvgIpc) is 2.81. The summed E-state index contributed by atoms with van der Waals surface area (Å²) in [4.78, 5) is 22.9. The minimum absolute atomic E-state index is 0.0776. The van der Waals surface area contributed by atoms with Gasteiger partial charge in [0, 0.05) is 24.9 Å². The molecular weight excluding hydrogens is 259 g/mol. The van der Waals surface area contributed by atoms with E-state index < -0.39 is 18.0 Å². The van der Waals surface area contributed by atoms with E-state index in [0.717, 1.165) is 5.56 Å². The molecule has 0 bridgehead atoms. The van der Waals surface area contributed by atoms with E-state index in [-0.39, 0.29) is 19.0 Å². The maximum atomic E-state index is 12.4. The van der Waals surface area contributed by atoms with Gasteiger partial charge in [0.2, 0.25) is 0 Å². The lowest BCUT2D eigenvalue weighted by Crippen LogP contribution is -2.39. The molecule has 1 fully saturated rings. The number of nitrogens with zero attached hydrogens (tertiary/aromatic N) is 1. The van der Waals surface area contributed by atoms with Gasteiger partial charge in [0.25, 0.3) is 0 Å². The van der Waals surface area contributed by atoms with E-state index in [2.05, 4.69) is 0 Å². The predicted molar refractivity (Wildman–Crippen MR) is 61.4 cm³/mol. The third kappa shape index (κ3) is 2.77. The van der Waals surface area contributed by atoms with Gasteiger partial charge in [0.05, 0.1) is 0 Å². The van der Waals surface area contributed by atoms with Crippen molar-refractivity contribution in [2.45, 2.75) is 12.1 Å². The SMILES string of the molecule is O=C[C@@H]1CN(C(=O)C(F)(F)F)C[C@H]1c1ccccc1. The highest BCUT2D eigenvalue weighted by Gasteiger charge is 2.47. The first kappa shape index (κ1) is 13.6. The second-order valence-electron chi connectivity index (χ2n) is 4.53. The smallest absolute Gasteiger partial charge is 0.334 e. The fraction of sp³-hybridized carbons (Fsp3) is 0.385. The molecule has 2 atom stereocenters. The van der Waals surface area contributed by atoms with Gasteiger partial charge in [-0.25, -0.2) is 0 Å². The molecular formula is C13H12F3NO2. The Morgan fingerprint density at radius 2 is 1.84 bits per heavy atom. The van der Waals surface area contributed by atoms with Crippen LogP contribution < -0.4 is 0 Å². The van der Waals surface area contributed by atoms with Gasteiger partial charge in [-0.15, -0.1) is 0 Å². The highest BCUT2D eigenvalue weighted by Crippen LogP contribution is 2.33. The molecule has 1 amide bonds. The van der Waals surface area contributed by atoms with E-state index in [9.17, 15) is 22.8 Å². The van der Waals surface area contributed by atoms with Crippen LogP contribution in [0.25, 0.3) is 0 Å². The van der Waals surface area contributed by atoms with Crippen molar-refractivity contribution in [3.05, 3.63) is 35.9 Å². The van der Waals surface area contributed by atoms with Gasteiger partial charge in [-0.2, -0.15) is 13.2 Å². The number of amides is 1. The number of hydrogen-bond acceptors (Lipinski definition) is 2. The number of likely N-dealkylation sites (tertiary alicyclic amines) is 1. The zero-order chi connectivity index (χ0) is 14.0. The summed E-state index contributed by atoms with van der Waals surface area (Å²) in [7, 11) is 0. The summed E-state index contributed by atoms with van der Waals surface area (Å²) in [6.45, 7) is -0.257. The largest absolute Gasteiger partial charge is 0.471 e. The van der Waals surface area contributed by atoms with E-state index in [1.165, 1.54) is 0 Å². The van der Waals surface area contributed by atoms with Crippen LogP contribution in [0.2, 0.25) is 0 Å². The second-order valence-corrected chi connectivity index (χ2v) is 4.53. The maximum absolute atomic E-state index is 12.4. The van der Waals surface area contributed by atoms with Crippen LogP contribution >= 0.6 is 0 Å². The van der Waals surface area contributed by atoms with Crippen molar-refractivity contribution in [1.82, 2.24) is 4.90 Å². The first-order valence-corrected chi connectivity index (χ1v) is 5.80. The first-order chi connectivity index (χ1) is 8.93. The number of carbonyl (C=O) groups excluding carboxylic acids is 2. The molecule has 0 aliphatic carbocycles. The fourth-order valence-electron chi connectivity index (χ4n) is 2.36. The molecule has 0 aromatic heterocycles. The third-order valence-corrected chi connectivity index (χ3v) is 3.30. The summed E-state index contributed by atoms with van der Waals surface area (Å²) in [5, 5.41) is 0. The van der Waals surface area contributed by atoms with Crippen LogP contribution in [-0.4, -0.2) is 36.4 Å². The maximum Gasteiger partial charge on any atom is 0.471 e. The van der Waals surface area contributed by atoms with Crippen molar-refractivity contribution in [2.24, 2.45) is 5.92 Å². The number of alkyl halides is 3. The van der Waals surface area contributed by atoms with Crippen molar-refractivity contribution >= 4 is 12.2 Å². The van der Waals surface area contributed by atoms with Crippen LogP contribution in [0.3, 0.4) is 0 Å². The first-order valence-electron chi connectivity index (χ1n) is 5.80. The third-order valence-electron chi connectivity index (χ3n) is 3.30. The molecule has 1 heterocycles. The zero-order valence-electron chi connectivity index (χ0n) is 9.93. The molecule has 1 aliphatic heterocycles. The van der Waals surface area contributed by atoms with Gasteiger partial charge in [0.1, 0.15) is 6.29 Å². The van der Waals surface area contributed by atoms with Crippen LogP contribution in [0.5, 0.6) is 0 Å². The highest BCUT2D eigenvalue weighted by molar-refractivity contribution is 5.83. The van der Waals surface area contributed by atoms with E-state index >= 15 is 0 Å². The van der Waals surface area contributed by atoms with E-state index in [1.807, 2.05) is 0 Å². The molecule has 3 nitrogen and oxygen atoms in total. The summed E-state index contributed by atoms with van der Waals surface area (Å²) in [5.74, 6) is -2.84. The van der Waals surface area contributed by atoms with Gasteiger partial charge in [-0.1, -0.05) is 30.3 Å². The minimum atomic E-state index is -4.89. The summed E-state index contributed by atoms with van der Waals surface area (Å²) in [5.41, 5.74) is 0.775. The molecule has 0 radical (unpaired) electrons. The Bertz CT molecular complexity index is 473. The van der Waals surface area contributed by atoms with E-state index in [0.29, 0.717) is 11.2 Å². The van der Waals surface area contributed by atoms with Gasteiger partial charge >= 0.3 is 12.1 Å². The summed E-state index contributed by atoms with van der Waals surface area (Å²) < 4.78 is 37.1. The van der Waals surface area contributed by atoms with Crippen LogP contribution in [0.15, 0.2) is 30.3 Å². The summed E-state index contributed by atoms with van der Waals surface area (Å²) in [6, 6.07) is 8.80. The molecule has 0 unspecified atom stereocenters. The fourth-order valence-corrected chi connectivity index (χ4v) is 2.36. The molecule has 1 aromatic carbocycles. The number of aldehydes is 1. The zero-order valence-corrected chi connectivity index (χ0v) is 9.93. The molecule has 2 rings (SSSR count). The standard InChI is InChI=1S/C13H12F3NO2/c14-13(15,16)12(19)17-6-10(8-18)11(7-17)9-4-2-1-3-5-9/h1-5,8,10-11H,6-7H2/t10-,11-/m0/s1. The number of benzene rings is 1. The molecule has 0 spiro atoms. The molecule has 6 heteroatoms. The van der Waals surface area contributed by atoms with Crippen LogP contribution in [0.1, 0.15) is 11.5 Å². The lowest BCUT2D eigenvalue weighted by atomic mass is 9.90. The molecule has 102 valence electrons. The van der Waals surface area contributed by atoms with Gasteiger partial charge in [0.15, 0.2) is 0 Å². The van der Waals surface area contributed by atoms with E-state index in [4.69, 9.17) is 0 Å². The van der Waals surface area contributed by atoms with Crippen molar-refractivity contribution in [2.75, 3.05) is 13.1 Å². The van der Waals surface area contributed by atoms with E-state index in [1.54, 1.807) is 30.3 Å². The monoisotopic (exact) mass is 271 g/mol. The number of carbonyl (C=O) groups is 2. The summed E-state index contributed by atoms with van der Waals surface area (Å²) in [6.07, 6.45) is -4.26. The predicted octanol–water partition coefficient (Wildman–Crippen LogP) is 1.99. The topological polar surface area (TPSA) is 37.4 Å². The molecule has 1 aliphatic rings. The average molecular weight is 271 g/mol. The van der Waals surface area contributed by atoms with Gasteiger partial charge in [-0.3, -0.25) is 4.79 Å². The second kappa shape index (κ2) is 5.03. The Labute approximate surface area is 108 Å². The number of halogens is 3. The Morgan fingerprint density at radius 1 is 1.21 bits per heavy atom. The lowest BCUT2D eigenvalue weighted by Gasteiger charge is -2.17. The lowest BCUT2D eigenvalue weighted by molar-refractivity contribution is -0.184. The number of rotatable bonds is 2. The minimum Gasteiger partial charge on any atom is -0.334 e. The Morgan fingerprint density at radius 3 is 2.37 bits per heavy atom. The van der Waals surface area contributed by atoms with Crippen molar-refractivity contribution < 1.29 is 22.8 Å².